The molecule has 0 atom stereocenters. The van der Waals surface area contributed by atoms with Gasteiger partial charge in [-0.3, -0.25) is 4.79 Å². The van der Waals surface area contributed by atoms with Crippen molar-refractivity contribution in [3.05, 3.63) is 95.6 Å². The molecule has 0 aliphatic rings. The summed E-state index contributed by atoms with van der Waals surface area (Å²) in [7, 11) is -4.25. The summed E-state index contributed by atoms with van der Waals surface area (Å²) in [5, 5.41) is 2.04. The molecule has 1 N–H and O–H groups in total. The number of amides is 1. The maximum absolute atomic E-state index is 13.8. The van der Waals surface area contributed by atoms with Gasteiger partial charge in [-0.2, -0.15) is 4.31 Å². The van der Waals surface area contributed by atoms with Crippen molar-refractivity contribution in [2.45, 2.75) is 11.4 Å². The highest BCUT2D eigenvalue weighted by molar-refractivity contribution is 7.89. The lowest BCUT2D eigenvalue weighted by molar-refractivity contribution is -0.116. The minimum atomic E-state index is -4.25. The van der Waals surface area contributed by atoms with E-state index in [1.807, 2.05) is 5.32 Å². The quantitative estimate of drug-likeness (QED) is 0.434. The Morgan fingerprint density at radius 3 is 2.13 bits per heavy atom. The molecule has 31 heavy (non-hydrogen) atoms. The highest BCUT2D eigenvalue weighted by atomic mass is 32.2. The van der Waals surface area contributed by atoms with Crippen molar-refractivity contribution in [1.82, 2.24) is 4.31 Å². The molecule has 0 aromatic heterocycles. The Balaban J connectivity index is 1.88. The number of anilines is 1. The molecule has 10 heteroatoms. The van der Waals surface area contributed by atoms with E-state index in [0.717, 1.165) is 34.6 Å². The molecule has 5 nitrogen and oxygen atoms in total. The number of nitrogens with zero attached hydrogens (tertiary/aromatic N) is 1. The Bertz CT molecular complexity index is 1190. The van der Waals surface area contributed by atoms with Gasteiger partial charge in [0.15, 0.2) is 17.5 Å². The lowest BCUT2D eigenvalue weighted by Crippen LogP contribution is -2.37. The summed E-state index contributed by atoms with van der Waals surface area (Å²) in [6.45, 7) is -0.971. The first-order chi connectivity index (χ1) is 14.7. The first-order valence-electron chi connectivity index (χ1n) is 8.91. The van der Waals surface area contributed by atoms with Crippen LogP contribution in [0.5, 0.6) is 0 Å². The van der Waals surface area contributed by atoms with Crippen LogP contribution < -0.4 is 5.32 Å². The molecule has 0 spiro atoms. The molecular formula is C21H16F4N2O3S. The van der Waals surface area contributed by atoms with Gasteiger partial charge in [-0.25, -0.2) is 26.0 Å². The van der Waals surface area contributed by atoms with Gasteiger partial charge >= 0.3 is 0 Å². The normalized spacial score (nSPS) is 11.5. The molecule has 0 heterocycles. The lowest BCUT2D eigenvalue weighted by atomic mass is 10.2. The van der Waals surface area contributed by atoms with Crippen molar-refractivity contribution in [3.63, 3.8) is 0 Å². The standard InChI is InChI=1S/C21H16F4N2O3S/c22-15-6-8-16(9-7-15)31(29,30)27(12-14-4-2-1-3-5-14)13-19(28)26-18-11-10-17(23)20(24)21(18)25/h1-11H,12-13H2,(H,26,28). The van der Waals surface area contributed by atoms with E-state index in [1.165, 1.54) is 0 Å². The molecule has 3 aromatic carbocycles. The summed E-state index contributed by atoms with van der Waals surface area (Å²) in [6, 6.07) is 13.8. The van der Waals surface area contributed by atoms with Crippen LogP contribution in [0.1, 0.15) is 5.56 Å². The van der Waals surface area contributed by atoms with Gasteiger partial charge in [0.1, 0.15) is 5.82 Å². The van der Waals surface area contributed by atoms with E-state index < -0.39 is 51.4 Å². The van der Waals surface area contributed by atoms with Gasteiger partial charge in [-0.1, -0.05) is 30.3 Å². The number of hydrogen-bond donors (Lipinski definition) is 1. The molecule has 0 unspecified atom stereocenters. The fraction of sp³-hybridized carbons (Fsp3) is 0.0952. The third-order valence-corrected chi connectivity index (χ3v) is 6.09. The van der Waals surface area contributed by atoms with E-state index >= 15 is 0 Å². The molecule has 0 bridgehead atoms. The first kappa shape index (κ1) is 22.4. The molecule has 162 valence electrons. The molecule has 3 rings (SSSR count). The minimum Gasteiger partial charge on any atom is -0.322 e. The summed E-state index contributed by atoms with van der Waals surface area (Å²) in [5.41, 5.74) is -0.0808. The number of carbonyl (C=O) groups is 1. The fourth-order valence-corrected chi connectivity index (χ4v) is 4.13. The first-order valence-corrected chi connectivity index (χ1v) is 10.4. The average molecular weight is 452 g/mol. The maximum atomic E-state index is 13.8. The van der Waals surface area contributed by atoms with Gasteiger partial charge < -0.3 is 5.32 Å². The second kappa shape index (κ2) is 9.27. The maximum Gasteiger partial charge on any atom is 0.243 e. The molecule has 0 saturated heterocycles. The number of nitrogens with one attached hydrogen (secondary N) is 1. The fourth-order valence-electron chi connectivity index (χ4n) is 2.74. The van der Waals surface area contributed by atoms with Crippen molar-refractivity contribution in [1.29, 1.82) is 0 Å². The highest BCUT2D eigenvalue weighted by Crippen LogP contribution is 2.21. The molecule has 0 saturated carbocycles. The predicted octanol–water partition coefficient (Wildman–Crippen LogP) is 4.07. The number of carbonyl (C=O) groups excluding carboxylic acids is 1. The van der Waals surface area contributed by atoms with Crippen LogP contribution in [0.4, 0.5) is 23.2 Å². The second-order valence-electron chi connectivity index (χ2n) is 6.48. The van der Waals surface area contributed by atoms with Gasteiger partial charge in [0.05, 0.1) is 17.1 Å². The second-order valence-corrected chi connectivity index (χ2v) is 8.42. The Hall–Kier alpha value is -3.24. The van der Waals surface area contributed by atoms with Gasteiger partial charge in [0.25, 0.3) is 0 Å². The van der Waals surface area contributed by atoms with Crippen LogP contribution in [0.2, 0.25) is 0 Å². The molecule has 0 aliphatic heterocycles. The third kappa shape index (κ3) is 5.28. The summed E-state index contributed by atoms with van der Waals surface area (Å²) >= 11 is 0. The van der Waals surface area contributed by atoms with Crippen molar-refractivity contribution >= 4 is 21.6 Å². The monoisotopic (exact) mass is 452 g/mol. The Kier molecular flexibility index (Phi) is 6.71. The number of sulfonamides is 1. The zero-order valence-electron chi connectivity index (χ0n) is 15.9. The Morgan fingerprint density at radius 2 is 1.48 bits per heavy atom. The van der Waals surface area contributed by atoms with Crippen LogP contribution in [-0.2, 0) is 21.4 Å². The molecule has 0 aliphatic carbocycles. The molecule has 0 fully saturated rings. The number of hydrogen-bond acceptors (Lipinski definition) is 3. The number of rotatable bonds is 7. The molecule has 3 aromatic rings. The van der Waals surface area contributed by atoms with Gasteiger partial charge in [-0.15, -0.1) is 0 Å². The van der Waals surface area contributed by atoms with Crippen molar-refractivity contribution in [3.8, 4) is 0 Å². The van der Waals surface area contributed by atoms with E-state index in [9.17, 15) is 30.8 Å². The van der Waals surface area contributed by atoms with Crippen LogP contribution >= 0.6 is 0 Å². The van der Waals surface area contributed by atoms with Crippen molar-refractivity contribution < 1.29 is 30.8 Å². The van der Waals surface area contributed by atoms with Crippen LogP contribution in [0.15, 0.2) is 71.6 Å². The van der Waals surface area contributed by atoms with Crippen LogP contribution in [-0.4, -0.2) is 25.2 Å². The molecular weight excluding hydrogens is 436 g/mol. The van der Waals surface area contributed by atoms with Gasteiger partial charge in [0.2, 0.25) is 15.9 Å². The largest absolute Gasteiger partial charge is 0.322 e. The lowest BCUT2D eigenvalue weighted by Gasteiger charge is -2.22. The summed E-state index contributed by atoms with van der Waals surface area (Å²) in [4.78, 5) is 12.2. The van der Waals surface area contributed by atoms with Crippen molar-refractivity contribution in [2.24, 2.45) is 0 Å². The highest BCUT2D eigenvalue weighted by Gasteiger charge is 2.27. The Labute approximate surface area is 176 Å². The summed E-state index contributed by atoms with van der Waals surface area (Å²) < 4.78 is 80.4. The van der Waals surface area contributed by atoms with Crippen LogP contribution in [0.3, 0.4) is 0 Å². The average Bonchev–Trinajstić information content (AvgIpc) is 2.75. The summed E-state index contributed by atoms with van der Waals surface area (Å²) in [5.74, 6) is -6.42. The predicted molar refractivity (Wildman–Crippen MR) is 105 cm³/mol. The SMILES string of the molecule is O=C(CN(Cc1ccccc1)S(=O)(=O)c1ccc(F)cc1)Nc1ccc(F)c(F)c1F. The van der Waals surface area contributed by atoms with E-state index in [4.69, 9.17) is 0 Å². The van der Waals surface area contributed by atoms with E-state index in [0.29, 0.717) is 11.6 Å². The van der Waals surface area contributed by atoms with E-state index in [2.05, 4.69) is 0 Å². The molecule has 0 radical (unpaired) electrons. The zero-order valence-corrected chi connectivity index (χ0v) is 16.7. The van der Waals surface area contributed by atoms with E-state index in [-0.39, 0.29) is 11.4 Å². The van der Waals surface area contributed by atoms with Gasteiger partial charge in [-0.05, 0) is 42.0 Å². The summed E-state index contributed by atoms with van der Waals surface area (Å²) in [6.07, 6.45) is 0. The zero-order chi connectivity index (χ0) is 22.6. The number of halogens is 4. The Morgan fingerprint density at radius 1 is 0.839 bits per heavy atom. The van der Waals surface area contributed by atoms with E-state index in [1.54, 1.807) is 30.3 Å². The smallest absolute Gasteiger partial charge is 0.243 e. The topological polar surface area (TPSA) is 66.5 Å². The minimum absolute atomic E-state index is 0.214. The van der Waals surface area contributed by atoms with Crippen LogP contribution in [0, 0.1) is 23.3 Å². The van der Waals surface area contributed by atoms with Crippen LogP contribution in [0.25, 0.3) is 0 Å². The third-order valence-electron chi connectivity index (χ3n) is 4.28. The molecule has 1 amide bonds. The van der Waals surface area contributed by atoms with Gasteiger partial charge in [0, 0.05) is 6.54 Å². The number of benzene rings is 3. The van der Waals surface area contributed by atoms with Crippen molar-refractivity contribution in [2.75, 3.05) is 11.9 Å².